The van der Waals surface area contributed by atoms with Crippen LogP contribution in [-0.4, -0.2) is 19.0 Å². The SMILES string of the molecule is N=C(N)CCCCOCC1CC1. The van der Waals surface area contributed by atoms with E-state index in [2.05, 4.69) is 0 Å². The van der Waals surface area contributed by atoms with Gasteiger partial charge in [-0.1, -0.05) is 0 Å². The minimum Gasteiger partial charge on any atom is -0.388 e. The first-order chi connectivity index (χ1) is 5.79. The average Bonchev–Trinajstić information content (AvgIpc) is 2.79. The van der Waals surface area contributed by atoms with Crippen LogP contribution in [0, 0.1) is 11.3 Å². The quantitative estimate of drug-likeness (QED) is 0.346. The summed E-state index contributed by atoms with van der Waals surface area (Å²) in [6.45, 7) is 1.78. The zero-order chi connectivity index (χ0) is 8.81. The van der Waals surface area contributed by atoms with E-state index in [1.54, 1.807) is 0 Å². The Hall–Kier alpha value is -0.570. The van der Waals surface area contributed by atoms with Gasteiger partial charge in [-0.2, -0.15) is 0 Å². The van der Waals surface area contributed by atoms with Gasteiger partial charge in [-0.05, 0) is 31.6 Å². The summed E-state index contributed by atoms with van der Waals surface area (Å²) in [7, 11) is 0. The lowest BCUT2D eigenvalue weighted by Crippen LogP contribution is -2.09. The van der Waals surface area contributed by atoms with Crippen LogP contribution in [0.5, 0.6) is 0 Å². The molecule has 3 nitrogen and oxygen atoms in total. The van der Waals surface area contributed by atoms with E-state index in [4.69, 9.17) is 15.9 Å². The standard InChI is InChI=1S/C9H18N2O/c10-9(11)3-1-2-6-12-7-8-4-5-8/h8H,1-7H2,(H3,10,11). The Morgan fingerprint density at radius 1 is 1.42 bits per heavy atom. The van der Waals surface area contributed by atoms with Crippen molar-refractivity contribution >= 4 is 5.84 Å². The van der Waals surface area contributed by atoms with Gasteiger partial charge in [-0.25, -0.2) is 0 Å². The van der Waals surface area contributed by atoms with E-state index >= 15 is 0 Å². The fourth-order valence-electron chi connectivity index (χ4n) is 1.05. The van der Waals surface area contributed by atoms with Gasteiger partial charge in [-0.15, -0.1) is 0 Å². The Kier molecular flexibility index (Phi) is 4.08. The first-order valence-corrected chi connectivity index (χ1v) is 4.69. The second-order valence-corrected chi connectivity index (χ2v) is 3.50. The summed E-state index contributed by atoms with van der Waals surface area (Å²) in [5.74, 6) is 1.15. The molecule has 1 aliphatic carbocycles. The molecule has 0 bridgehead atoms. The number of nitrogens with two attached hydrogens (primary N) is 1. The highest BCUT2D eigenvalue weighted by molar-refractivity contribution is 5.76. The van der Waals surface area contributed by atoms with Crippen molar-refractivity contribution in [2.45, 2.75) is 32.1 Å². The Morgan fingerprint density at radius 2 is 2.17 bits per heavy atom. The molecule has 0 atom stereocenters. The summed E-state index contributed by atoms with van der Waals surface area (Å²) in [6, 6.07) is 0. The molecule has 1 fully saturated rings. The molecular weight excluding hydrogens is 152 g/mol. The van der Waals surface area contributed by atoms with Crippen LogP contribution in [0.1, 0.15) is 32.1 Å². The van der Waals surface area contributed by atoms with Crippen molar-refractivity contribution in [2.24, 2.45) is 11.7 Å². The van der Waals surface area contributed by atoms with E-state index in [-0.39, 0.29) is 5.84 Å². The van der Waals surface area contributed by atoms with Crippen molar-refractivity contribution in [3.63, 3.8) is 0 Å². The zero-order valence-electron chi connectivity index (χ0n) is 7.51. The van der Waals surface area contributed by atoms with Crippen molar-refractivity contribution < 1.29 is 4.74 Å². The van der Waals surface area contributed by atoms with Gasteiger partial charge in [0.15, 0.2) is 0 Å². The normalized spacial score (nSPS) is 16.3. The highest BCUT2D eigenvalue weighted by Gasteiger charge is 2.20. The lowest BCUT2D eigenvalue weighted by Gasteiger charge is -2.01. The first kappa shape index (κ1) is 9.52. The average molecular weight is 170 g/mol. The van der Waals surface area contributed by atoms with E-state index in [0.29, 0.717) is 6.42 Å². The minimum absolute atomic E-state index is 0.289. The van der Waals surface area contributed by atoms with E-state index in [0.717, 1.165) is 32.0 Å². The smallest absolute Gasteiger partial charge is 0.0905 e. The third-order valence-electron chi connectivity index (χ3n) is 2.04. The minimum atomic E-state index is 0.289. The Balaban J connectivity index is 1.73. The lowest BCUT2D eigenvalue weighted by molar-refractivity contribution is 0.121. The summed E-state index contributed by atoms with van der Waals surface area (Å²) < 4.78 is 5.43. The maximum absolute atomic E-state index is 6.99. The third kappa shape index (κ3) is 5.13. The molecule has 1 saturated carbocycles. The Morgan fingerprint density at radius 3 is 2.75 bits per heavy atom. The molecule has 70 valence electrons. The molecule has 0 amide bonds. The highest BCUT2D eigenvalue weighted by Crippen LogP contribution is 2.28. The Bertz CT molecular complexity index is 143. The van der Waals surface area contributed by atoms with Gasteiger partial charge in [0.05, 0.1) is 5.84 Å². The van der Waals surface area contributed by atoms with Crippen LogP contribution < -0.4 is 5.73 Å². The second kappa shape index (κ2) is 5.14. The number of hydrogen-bond donors (Lipinski definition) is 2. The largest absolute Gasteiger partial charge is 0.388 e. The van der Waals surface area contributed by atoms with Gasteiger partial charge < -0.3 is 10.5 Å². The number of unbranched alkanes of at least 4 members (excludes halogenated alkanes) is 1. The van der Waals surface area contributed by atoms with Crippen LogP contribution in [0.4, 0.5) is 0 Å². The van der Waals surface area contributed by atoms with E-state index in [1.807, 2.05) is 0 Å². The molecule has 12 heavy (non-hydrogen) atoms. The van der Waals surface area contributed by atoms with Gasteiger partial charge in [0, 0.05) is 19.6 Å². The molecule has 0 aliphatic heterocycles. The number of rotatable bonds is 7. The molecule has 0 heterocycles. The fraction of sp³-hybridized carbons (Fsp3) is 0.889. The van der Waals surface area contributed by atoms with E-state index in [9.17, 15) is 0 Å². The van der Waals surface area contributed by atoms with Crippen LogP contribution in [0.2, 0.25) is 0 Å². The molecule has 0 unspecified atom stereocenters. The predicted octanol–water partition coefficient (Wildman–Crippen LogP) is 1.52. The molecule has 1 aliphatic rings. The molecule has 0 saturated heterocycles. The van der Waals surface area contributed by atoms with Crippen molar-refractivity contribution in [3.05, 3.63) is 0 Å². The summed E-state index contributed by atoms with van der Waals surface area (Å²) in [5, 5.41) is 6.99. The third-order valence-corrected chi connectivity index (χ3v) is 2.04. The molecule has 1 rings (SSSR count). The number of hydrogen-bond acceptors (Lipinski definition) is 2. The number of nitrogens with one attached hydrogen (secondary N) is 1. The number of amidine groups is 1. The van der Waals surface area contributed by atoms with Crippen LogP contribution >= 0.6 is 0 Å². The molecule has 0 aromatic heterocycles. The van der Waals surface area contributed by atoms with Gasteiger partial charge in [-0.3, -0.25) is 5.41 Å². The van der Waals surface area contributed by atoms with Crippen LogP contribution in [0.15, 0.2) is 0 Å². The van der Waals surface area contributed by atoms with Crippen LogP contribution in [0.25, 0.3) is 0 Å². The Labute approximate surface area is 73.8 Å². The molecule has 0 spiro atoms. The first-order valence-electron chi connectivity index (χ1n) is 4.69. The van der Waals surface area contributed by atoms with Crippen molar-refractivity contribution in [2.75, 3.05) is 13.2 Å². The fourth-order valence-corrected chi connectivity index (χ4v) is 1.05. The summed E-state index contributed by atoms with van der Waals surface area (Å²) in [6.07, 6.45) is 5.44. The second-order valence-electron chi connectivity index (χ2n) is 3.50. The molecule has 0 aromatic rings. The lowest BCUT2D eigenvalue weighted by atomic mass is 10.2. The molecule has 0 radical (unpaired) electrons. The maximum atomic E-state index is 6.99. The van der Waals surface area contributed by atoms with Gasteiger partial charge in [0.25, 0.3) is 0 Å². The number of ether oxygens (including phenoxy) is 1. The molecule has 3 N–H and O–H groups in total. The van der Waals surface area contributed by atoms with E-state index < -0.39 is 0 Å². The summed E-state index contributed by atoms with van der Waals surface area (Å²) in [4.78, 5) is 0. The molecule has 0 aromatic carbocycles. The summed E-state index contributed by atoms with van der Waals surface area (Å²) >= 11 is 0. The maximum Gasteiger partial charge on any atom is 0.0905 e. The van der Waals surface area contributed by atoms with Gasteiger partial charge >= 0.3 is 0 Å². The molecular formula is C9H18N2O. The van der Waals surface area contributed by atoms with Crippen molar-refractivity contribution in [1.29, 1.82) is 5.41 Å². The highest BCUT2D eigenvalue weighted by atomic mass is 16.5. The van der Waals surface area contributed by atoms with Gasteiger partial charge in [0.2, 0.25) is 0 Å². The summed E-state index contributed by atoms with van der Waals surface area (Å²) in [5.41, 5.74) is 5.21. The van der Waals surface area contributed by atoms with Gasteiger partial charge in [0.1, 0.15) is 0 Å². The van der Waals surface area contributed by atoms with Crippen LogP contribution in [0.3, 0.4) is 0 Å². The molecule has 3 heteroatoms. The van der Waals surface area contributed by atoms with Crippen LogP contribution in [-0.2, 0) is 4.74 Å². The predicted molar refractivity (Wildman–Crippen MR) is 49.3 cm³/mol. The monoisotopic (exact) mass is 170 g/mol. The van der Waals surface area contributed by atoms with E-state index in [1.165, 1.54) is 12.8 Å². The zero-order valence-corrected chi connectivity index (χ0v) is 7.51. The topological polar surface area (TPSA) is 59.1 Å². The van der Waals surface area contributed by atoms with Crippen molar-refractivity contribution in [3.8, 4) is 0 Å². The van der Waals surface area contributed by atoms with Crippen molar-refractivity contribution in [1.82, 2.24) is 0 Å².